The van der Waals surface area contributed by atoms with Crippen LogP contribution in [0.25, 0.3) is 22.3 Å². The maximum absolute atomic E-state index is 11.1. The maximum atomic E-state index is 11.1. The van der Waals surface area contributed by atoms with Gasteiger partial charge < -0.3 is 15.0 Å². The zero-order chi connectivity index (χ0) is 22.4. The standard InChI is InChI=1S/C28H30O3/c1-27(2)11-12-28(3,4)25-16-21(9-10-24(25)27)23-14-18(17-29)13-22(15-23)19-5-7-20(8-6-19)26(30)31/h5-10,13-16,29H,11-12,17H2,1-4H3,(H,30,31)/p-1. The van der Waals surface area contributed by atoms with E-state index < -0.39 is 5.97 Å². The van der Waals surface area contributed by atoms with E-state index in [4.69, 9.17) is 0 Å². The minimum Gasteiger partial charge on any atom is -0.545 e. The van der Waals surface area contributed by atoms with Crippen LogP contribution in [0.1, 0.15) is 67.6 Å². The van der Waals surface area contributed by atoms with Crippen molar-refractivity contribution in [3.8, 4) is 22.3 Å². The topological polar surface area (TPSA) is 60.4 Å². The number of fused-ring (bicyclic) bond motifs is 1. The van der Waals surface area contributed by atoms with Crippen LogP contribution in [-0.4, -0.2) is 11.1 Å². The van der Waals surface area contributed by atoms with Crippen molar-refractivity contribution in [3.05, 3.63) is 82.9 Å². The van der Waals surface area contributed by atoms with Crippen LogP contribution in [0.15, 0.2) is 60.7 Å². The Morgan fingerprint density at radius 2 is 1.32 bits per heavy atom. The molecule has 0 radical (unpaired) electrons. The van der Waals surface area contributed by atoms with Crippen LogP contribution < -0.4 is 5.11 Å². The van der Waals surface area contributed by atoms with E-state index in [9.17, 15) is 15.0 Å². The third-order valence-electron chi connectivity index (χ3n) is 6.82. The van der Waals surface area contributed by atoms with Crippen LogP contribution in [0.3, 0.4) is 0 Å². The second kappa shape index (κ2) is 7.65. The van der Waals surface area contributed by atoms with Crippen LogP contribution in [0.5, 0.6) is 0 Å². The third kappa shape index (κ3) is 4.03. The average Bonchev–Trinajstić information content (AvgIpc) is 2.76. The fourth-order valence-electron chi connectivity index (χ4n) is 4.68. The highest BCUT2D eigenvalue weighted by atomic mass is 16.4. The van der Waals surface area contributed by atoms with E-state index in [-0.39, 0.29) is 23.0 Å². The minimum absolute atomic E-state index is 0.0541. The molecule has 31 heavy (non-hydrogen) atoms. The lowest BCUT2D eigenvalue weighted by atomic mass is 9.63. The Kier molecular flexibility index (Phi) is 5.26. The van der Waals surface area contributed by atoms with Gasteiger partial charge >= 0.3 is 0 Å². The van der Waals surface area contributed by atoms with Crippen molar-refractivity contribution in [2.45, 2.75) is 58.0 Å². The van der Waals surface area contributed by atoms with E-state index in [0.717, 1.165) is 34.2 Å². The Morgan fingerprint density at radius 1 is 0.774 bits per heavy atom. The Morgan fingerprint density at radius 3 is 1.90 bits per heavy atom. The molecule has 0 amide bonds. The zero-order valence-electron chi connectivity index (χ0n) is 18.7. The van der Waals surface area contributed by atoms with Crippen molar-refractivity contribution in [2.75, 3.05) is 0 Å². The summed E-state index contributed by atoms with van der Waals surface area (Å²) < 4.78 is 0. The number of aliphatic hydroxyl groups excluding tert-OH is 1. The smallest absolute Gasteiger partial charge is 0.0715 e. The molecule has 3 nitrogen and oxygen atoms in total. The summed E-state index contributed by atoms with van der Waals surface area (Å²) in [5.74, 6) is -1.18. The second-order valence-electron chi connectivity index (χ2n) is 9.97. The highest BCUT2D eigenvalue weighted by molar-refractivity contribution is 5.87. The molecule has 0 unspecified atom stereocenters. The zero-order valence-corrected chi connectivity index (χ0v) is 18.7. The van der Waals surface area contributed by atoms with Crippen LogP contribution in [-0.2, 0) is 17.4 Å². The number of hydrogen-bond donors (Lipinski definition) is 1. The SMILES string of the molecule is CC1(C)CCC(C)(C)c2cc(-c3cc(CO)cc(-c4ccc(C(=O)[O-])cc4)c3)ccc21. The molecule has 3 heteroatoms. The van der Waals surface area contributed by atoms with E-state index in [1.165, 1.54) is 17.5 Å². The molecule has 160 valence electrons. The van der Waals surface area contributed by atoms with Crippen molar-refractivity contribution in [2.24, 2.45) is 0 Å². The Labute approximate surface area is 184 Å². The molecule has 1 aliphatic carbocycles. The van der Waals surface area contributed by atoms with Gasteiger partial charge in [0.25, 0.3) is 0 Å². The van der Waals surface area contributed by atoms with E-state index in [2.05, 4.69) is 52.0 Å². The third-order valence-corrected chi connectivity index (χ3v) is 6.82. The molecule has 3 aromatic carbocycles. The lowest BCUT2D eigenvalue weighted by Gasteiger charge is -2.42. The first-order chi connectivity index (χ1) is 14.6. The number of aromatic carboxylic acids is 1. The molecule has 0 saturated carbocycles. The van der Waals surface area contributed by atoms with E-state index in [1.54, 1.807) is 24.3 Å². The highest BCUT2D eigenvalue weighted by Crippen LogP contribution is 2.47. The predicted molar refractivity (Wildman–Crippen MR) is 123 cm³/mol. The lowest BCUT2D eigenvalue weighted by Crippen LogP contribution is -2.33. The number of carboxylic acid groups (broad SMARTS) is 1. The summed E-state index contributed by atoms with van der Waals surface area (Å²) in [6.07, 6.45) is 2.33. The van der Waals surface area contributed by atoms with Gasteiger partial charge in [-0.2, -0.15) is 0 Å². The number of rotatable bonds is 4. The lowest BCUT2D eigenvalue weighted by molar-refractivity contribution is -0.255. The largest absolute Gasteiger partial charge is 0.545 e. The van der Waals surface area contributed by atoms with Gasteiger partial charge in [-0.15, -0.1) is 0 Å². The minimum atomic E-state index is -1.18. The summed E-state index contributed by atoms with van der Waals surface area (Å²) in [5, 5.41) is 20.9. The van der Waals surface area contributed by atoms with Gasteiger partial charge in [0, 0.05) is 0 Å². The maximum Gasteiger partial charge on any atom is 0.0715 e. The van der Waals surface area contributed by atoms with Crippen molar-refractivity contribution in [3.63, 3.8) is 0 Å². The van der Waals surface area contributed by atoms with E-state index >= 15 is 0 Å². The summed E-state index contributed by atoms with van der Waals surface area (Å²) in [6.45, 7) is 9.23. The van der Waals surface area contributed by atoms with Gasteiger partial charge in [-0.1, -0.05) is 70.2 Å². The molecule has 0 heterocycles. The Bertz CT molecular complexity index is 1140. The molecule has 0 bridgehead atoms. The quantitative estimate of drug-likeness (QED) is 0.637. The number of aliphatic hydroxyl groups is 1. The molecule has 0 spiro atoms. The summed E-state index contributed by atoms with van der Waals surface area (Å²) in [4.78, 5) is 11.1. The van der Waals surface area contributed by atoms with Crippen molar-refractivity contribution >= 4 is 5.97 Å². The van der Waals surface area contributed by atoms with Gasteiger partial charge in [0.05, 0.1) is 12.6 Å². The van der Waals surface area contributed by atoms with Gasteiger partial charge in [-0.25, -0.2) is 0 Å². The Hall–Kier alpha value is -2.91. The number of carbonyl (C=O) groups excluding carboxylic acids is 1. The molecular formula is C28H29O3-. The average molecular weight is 414 g/mol. The number of carbonyl (C=O) groups is 1. The first-order valence-corrected chi connectivity index (χ1v) is 10.8. The molecule has 4 rings (SSSR count). The van der Waals surface area contributed by atoms with Gasteiger partial charge in [0.1, 0.15) is 0 Å². The van der Waals surface area contributed by atoms with Gasteiger partial charge in [0.2, 0.25) is 0 Å². The molecule has 0 atom stereocenters. The number of benzene rings is 3. The van der Waals surface area contributed by atoms with Crippen LogP contribution in [0.2, 0.25) is 0 Å². The van der Waals surface area contributed by atoms with E-state index in [1.807, 2.05) is 12.1 Å². The molecular weight excluding hydrogens is 384 g/mol. The number of hydrogen-bond acceptors (Lipinski definition) is 3. The second-order valence-corrected chi connectivity index (χ2v) is 9.97. The normalized spacial score (nSPS) is 16.5. The van der Waals surface area contributed by atoms with Crippen LogP contribution >= 0.6 is 0 Å². The van der Waals surface area contributed by atoms with Gasteiger partial charge in [-0.3, -0.25) is 0 Å². The molecule has 1 aliphatic rings. The molecule has 0 saturated heterocycles. The van der Waals surface area contributed by atoms with Crippen molar-refractivity contribution in [1.82, 2.24) is 0 Å². The summed E-state index contributed by atoms with van der Waals surface area (Å²) in [5.41, 5.74) is 8.13. The van der Waals surface area contributed by atoms with Gasteiger partial charge in [-0.05, 0) is 86.4 Å². The number of carboxylic acids is 1. The van der Waals surface area contributed by atoms with Crippen molar-refractivity contribution < 1.29 is 15.0 Å². The molecule has 1 N–H and O–H groups in total. The van der Waals surface area contributed by atoms with Crippen LogP contribution in [0.4, 0.5) is 0 Å². The van der Waals surface area contributed by atoms with Crippen LogP contribution in [0, 0.1) is 0 Å². The van der Waals surface area contributed by atoms with Crippen molar-refractivity contribution in [1.29, 1.82) is 0 Å². The molecule has 0 aromatic heterocycles. The van der Waals surface area contributed by atoms with Gasteiger partial charge in [0.15, 0.2) is 0 Å². The monoisotopic (exact) mass is 413 g/mol. The van der Waals surface area contributed by atoms with E-state index in [0.29, 0.717) is 0 Å². The highest BCUT2D eigenvalue weighted by Gasteiger charge is 2.36. The first kappa shape index (κ1) is 21.3. The summed E-state index contributed by atoms with van der Waals surface area (Å²) >= 11 is 0. The molecule has 3 aromatic rings. The fourth-order valence-corrected chi connectivity index (χ4v) is 4.68. The summed E-state index contributed by atoms with van der Waals surface area (Å²) in [7, 11) is 0. The predicted octanol–water partition coefficient (Wildman–Crippen LogP) is 5.23. The molecule has 0 fully saturated rings. The summed E-state index contributed by atoms with van der Waals surface area (Å²) in [6, 6.07) is 19.5. The first-order valence-electron chi connectivity index (χ1n) is 10.8. The molecule has 0 aliphatic heterocycles. The Balaban J connectivity index is 1.82. The fraction of sp³-hybridized carbons (Fsp3) is 0.321.